The first-order valence-electron chi connectivity index (χ1n) is 7.64. The van der Waals surface area contributed by atoms with Crippen LogP contribution < -0.4 is 4.90 Å². The van der Waals surface area contributed by atoms with E-state index in [0.29, 0.717) is 0 Å². The number of hydrogen-bond donors (Lipinski definition) is 0. The Labute approximate surface area is 136 Å². The van der Waals surface area contributed by atoms with Crippen LogP contribution in [0.15, 0.2) is 72.8 Å². The molecule has 0 radical (unpaired) electrons. The van der Waals surface area contributed by atoms with E-state index in [1.54, 1.807) is 11.9 Å². The molecule has 3 rings (SSSR count). The van der Waals surface area contributed by atoms with E-state index in [1.165, 1.54) is 0 Å². The molecule has 0 aliphatic rings. The second-order valence-electron chi connectivity index (χ2n) is 5.49. The monoisotopic (exact) mass is 305 g/mol. The molecule has 0 unspecified atom stereocenters. The van der Waals surface area contributed by atoms with Crippen LogP contribution in [0.4, 0.5) is 10.5 Å². The first-order valence-corrected chi connectivity index (χ1v) is 7.64. The molecule has 3 heteroatoms. The summed E-state index contributed by atoms with van der Waals surface area (Å²) in [6.45, 7) is 1.88. The van der Waals surface area contributed by atoms with Crippen molar-refractivity contribution < 1.29 is 9.53 Å². The van der Waals surface area contributed by atoms with Crippen molar-refractivity contribution in [2.45, 2.75) is 13.0 Å². The summed E-state index contributed by atoms with van der Waals surface area (Å²) in [7, 11) is 1.74. The summed E-state index contributed by atoms with van der Waals surface area (Å²) < 4.78 is 5.59. The molecule has 0 fully saturated rings. The maximum Gasteiger partial charge on any atom is 0.414 e. The molecule has 0 spiro atoms. The molecular formula is C20H19NO2. The number of ether oxygens (including phenoxy) is 1. The Hall–Kier alpha value is -2.81. The minimum absolute atomic E-state index is 0.291. The molecule has 23 heavy (non-hydrogen) atoms. The third kappa shape index (κ3) is 3.19. The number of carbonyl (C=O) groups excluding carboxylic acids is 1. The van der Waals surface area contributed by atoms with Crippen LogP contribution in [0.3, 0.4) is 0 Å². The second-order valence-corrected chi connectivity index (χ2v) is 5.49. The number of anilines is 1. The summed E-state index contributed by atoms with van der Waals surface area (Å²) in [6.07, 6.45) is -0.654. The maximum atomic E-state index is 12.5. The standard InChI is InChI=1S/C20H19NO2/c1-15(16-9-4-3-5-10-16)23-20(22)21(2)19-14-8-12-17-11-6-7-13-18(17)19/h3-15H,1-2H3/t15-/m1/s1. The molecular weight excluding hydrogens is 286 g/mol. The maximum absolute atomic E-state index is 12.5. The molecule has 0 heterocycles. The molecule has 1 atom stereocenters. The molecule has 0 saturated carbocycles. The van der Waals surface area contributed by atoms with Gasteiger partial charge < -0.3 is 4.74 Å². The fourth-order valence-electron chi connectivity index (χ4n) is 2.62. The van der Waals surface area contributed by atoms with Gasteiger partial charge in [0.05, 0.1) is 5.69 Å². The summed E-state index contributed by atoms with van der Waals surface area (Å²) in [4.78, 5) is 14.0. The average Bonchev–Trinajstić information content (AvgIpc) is 2.61. The van der Waals surface area contributed by atoms with Crippen molar-refractivity contribution in [3.05, 3.63) is 78.4 Å². The van der Waals surface area contributed by atoms with Crippen LogP contribution in [0.1, 0.15) is 18.6 Å². The van der Waals surface area contributed by atoms with Crippen molar-refractivity contribution in [3.8, 4) is 0 Å². The zero-order valence-electron chi connectivity index (χ0n) is 13.3. The van der Waals surface area contributed by atoms with Gasteiger partial charge in [0.1, 0.15) is 6.10 Å². The van der Waals surface area contributed by atoms with Crippen molar-refractivity contribution in [2.24, 2.45) is 0 Å². The van der Waals surface area contributed by atoms with Gasteiger partial charge >= 0.3 is 6.09 Å². The predicted octanol–water partition coefficient (Wildman–Crippen LogP) is 5.17. The molecule has 0 saturated heterocycles. The number of nitrogens with zero attached hydrogens (tertiary/aromatic N) is 1. The molecule has 3 aromatic rings. The van der Waals surface area contributed by atoms with Gasteiger partial charge in [-0.15, -0.1) is 0 Å². The number of amides is 1. The minimum Gasteiger partial charge on any atom is -0.441 e. The van der Waals surface area contributed by atoms with Gasteiger partial charge in [-0.3, -0.25) is 4.90 Å². The number of benzene rings is 3. The zero-order valence-corrected chi connectivity index (χ0v) is 13.3. The van der Waals surface area contributed by atoms with Gasteiger partial charge in [0, 0.05) is 12.4 Å². The third-order valence-electron chi connectivity index (χ3n) is 3.95. The van der Waals surface area contributed by atoms with Crippen molar-refractivity contribution in [2.75, 3.05) is 11.9 Å². The van der Waals surface area contributed by atoms with Gasteiger partial charge in [-0.25, -0.2) is 4.79 Å². The number of fused-ring (bicyclic) bond motifs is 1. The van der Waals surface area contributed by atoms with Crippen LogP contribution in [0.5, 0.6) is 0 Å². The fraction of sp³-hybridized carbons (Fsp3) is 0.150. The number of rotatable bonds is 3. The van der Waals surface area contributed by atoms with E-state index in [0.717, 1.165) is 22.0 Å². The average molecular weight is 305 g/mol. The van der Waals surface area contributed by atoms with E-state index in [1.807, 2.05) is 79.7 Å². The molecule has 0 aliphatic heterocycles. The Morgan fingerprint density at radius 3 is 2.35 bits per heavy atom. The molecule has 0 bridgehead atoms. The Bertz CT molecular complexity index is 809. The smallest absolute Gasteiger partial charge is 0.414 e. The summed E-state index contributed by atoms with van der Waals surface area (Å²) in [6, 6.07) is 23.6. The van der Waals surface area contributed by atoms with Gasteiger partial charge in [-0.1, -0.05) is 66.7 Å². The van der Waals surface area contributed by atoms with Crippen LogP contribution in [-0.2, 0) is 4.74 Å². The molecule has 0 N–H and O–H groups in total. The normalized spacial score (nSPS) is 11.9. The molecule has 3 nitrogen and oxygen atoms in total. The van der Waals surface area contributed by atoms with Gasteiger partial charge in [0.25, 0.3) is 0 Å². The van der Waals surface area contributed by atoms with Gasteiger partial charge in [0.2, 0.25) is 0 Å². The molecule has 0 aliphatic carbocycles. The van der Waals surface area contributed by atoms with E-state index < -0.39 is 0 Å². The summed E-state index contributed by atoms with van der Waals surface area (Å²) in [5, 5.41) is 2.13. The number of hydrogen-bond acceptors (Lipinski definition) is 2. The van der Waals surface area contributed by atoms with Crippen LogP contribution in [0.25, 0.3) is 10.8 Å². The van der Waals surface area contributed by atoms with Crippen LogP contribution in [-0.4, -0.2) is 13.1 Å². The molecule has 3 aromatic carbocycles. The lowest BCUT2D eigenvalue weighted by molar-refractivity contribution is 0.115. The van der Waals surface area contributed by atoms with Crippen molar-refractivity contribution in [3.63, 3.8) is 0 Å². The van der Waals surface area contributed by atoms with Crippen molar-refractivity contribution in [1.82, 2.24) is 0 Å². The second kappa shape index (κ2) is 6.53. The van der Waals surface area contributed by atoms with Crippen LogP contribution in [0, 0.1) is 0 Å². The highest BCUT2D eigenvalue weighted by Crippen LogP contribution is 2.27. The van der Waals surface area contributed by atoms with Gasteiger partial charge in [-0.2, -0.15) is 0 Å². The SMILES string of the molecule is C[C@@H](OC(=O)N(C)c1cccc2ccccc12)c1ccccc1. The van der Waals surface area contributed by atoms with Crippen molar-refractivity contribution >= 4 is 22.6 Å². The van der Waals surface area contributed by atoms with Crippen LogP contribution in [0.2, 0.25) is 0 Å². The minimum atomic E-state index is -0.363. The largest absolute Gasteiger partial charge is 0.441 e. The van der Waals surface area contributed by atoms with E-state index in [2.05, 4.69) is 0 Å². The lowest BCUT2D eigenvalue weighted by Crippen LogP contribution is -2.28. The fourth-order valence-corrected chi connectivity index (χ4v) is 2.62. The first-order chi connectivity index (χ1) is 11.2. The summed E-state index contributed by atoms with van der Waals surface area (Å²) in [5.74, 6) is 0. The zero-order chi connectivity index (χ0) is 16.2. The van der Waals surface area contributed by atoms with E-state index >= 15 is 0 Å². The Morgan fingerprint density at radius 1 is 0.913 bits per heavy atom. The predicted molar refractivity (Wildman–Crippen MR) is 93.7 cm³/mol. The van der Waals surface area contributed by atoms with Crippen LogP contribution >= 0.6 is 0 Å². The van der Waals surface area contributed by atoms with E-state index in [4.69, 9.17) is 4.74 Å². The Morgan fingerprint density at radius 2 is 1.57 bits per heavy atom. The highest BCUT2D eigenvalue weighted by atomic mass is 16.6. The summed E-state index contributed by atoms with van der Waals surface area (Å²) >= 11 is 0. The lowest BCUT2D eigenvalue weighted by Gasteiger charge is -2.22. The molecule has 1 amide bonds. The lowest BCUT2D eigenvalue weighted by atomic mass is 10.1. The highest BCUT2D eigenvalue weighted by molar-refractivity contribution is 6.01. The number of carbonyl (C=O) groups is 1. The third-order valence-corrected chi connectivity index (χ3v) is 3.95. The van der Waals surface area contributed by atoms with E-state index in [9.17, 15) is 4.79 Å². The first kappa shape index (κ1) is 15.1. The quantitative estimate of drug-likeness (QED) is 0.667. The highest BCUT2D eigenvalue weighted by Gasteiger charge is 2.18. The summed E-state index contributed by atoms with van der Waals surface area (Å²) in [5.41, 5.74) is 1.82. The Balaban J connectivity index is 1.82. The van der Waals surface area contributed by atoms with Gasteiger partial charge in [0.15, 0.2) is 0 Å². The Kier molecular flexibility index (Phi) is 4.29. The van der Waals surface area contributed by atoms with Crippen molar-refractivity contribution in [1.29, 1.82) is 0 Å². The van der Waals surface area contributed by atoms with E-state index in [-0.39, 0.29) is 12.2 Å². The topological polar surface area (TPSA) is 29.5 Å². The molecule has 0 aromatic heterocycles. The van der Waals surface area contributed by atoms with Gasteiger partial charge in [-0.05, 0) is 23.9 Å². The molecule has 116 valence electrons.